The van der Waals surface area contributed by atoms with Gasteiger partial charge in [-0.15, -0.1) is 0 Å². The average Bonchev–Trinajstić information content (AvgIpc) is 3.08. The molecule has 0 spiro atoms. The first-order valence-corrected chi connectivity index (χ1v) is 9.91. The number of halogens is 1. The molecule has 1 aliphatic rings. The van der Waals surface area contributed by atoms with Gasteiger partial charge in [0.25, 0.3) is 5.91 Å². The SMILES string of the molecule is CCOc1nc(N2CC(N(C)C(=O)O)C2)ncc1C(=O)Nc1cc(F)c2nn(C)cc2c1. The fourth-order valence-corrected chi connectivity index (χ4v) is 3.41. The number of hydrogen-bond acceptors (Lipinski definition) is 7. The highest BCUT2D eigenvalue weighted by Gasteiger charge is 2.34. The first-order chi connectivity index (χ1) is 15.3. The second-order valence-electron chi connectivity index (χ2n) is 7.43. The van der Waals surface area contributed by atoms with E-state index >= 15 is 0 Å². The smallest absolute Gasteiger partial charge is 0.407 e. The molecular formula is C20H22FN7O4. The van der Waals surface area contributed by atoms with Gasteiger partial charge in [0.05, 0.1) is 12.6 Å². The molecule has 0 radical (unpaired) electrons. The second-order valence-corrected chi connectivity index (χ2v) is 7.43. The number of rotatable bonds is 6. The zero-order valence-electron chi connectivity index (χ0n) is 17.7. The maximum atomic E-state index is 14.3. The number of hydrogen-bond donors (Lipinski definition) is 2. The predicted molar refractivity (Wildman–Crippen MR) is 114 cm³/mol. The maximum Gasteiger partial charge on any atom is 0.407 e. The van der Waals surface area contributed by atoms with Crippen LogP contribution >= 0.6 is 0 Å². The number of benzene rings is 1. The molecule has 12 heteroatoms. The Morgan fingerprint density at radius 3 is 2.81 bits per heavy atom. The molecule has 4 rings (SSSR count). The first kappa shape index (κ1) is 21.3. The number of amides is 2. The van der Waals surface area contributed by atoms with Gasteiger partial charge in [-0.25, -0.2) is 14.2 Å². The Labute approximate surface area is 182 Å². The van der Waals surface area contributed by atoms with E-state index in [4.69, 9.17) is 9.84 Å². The quantitative estimate of drug-likeness (QED) is 0.592. The number of ether oxygens (including phenoxy) is 1. The van der Waals surface area contributed by atoms with E-state index in [1.54, 1.807) is 31.1 Å². The van der Waals surface area contributed by atoms with Crippen LogP contribution in [0, 0.1) is 5.82 Å². The Kier molecular flexibility index (Phi) is 5.51. The molecule has 168 valence electrons. The molecule has 3 heterocycles. The van der Waals surface area contributed by atoms with Crippen molar-refractivity contribution in [3.63, 3.8) is 0 Å². The van der Waals surface area contributed by atoms with Crippen molar-refractivity contribution in [3.05, 3.63) is 35.9 Å². The number of nitrogens with one attached hydrogen (secondary N) is 1. The molecule has 1 aromatic carbocycles. The largest absolute Gasteiger partial charge is 0.477 e. The number of carbonyl (C=O) groups excluding carboxylic acids is 1. The van der Waals surface area contributed by atoms with Gasteiger partial charge in [-0.1, -0.05) is 0 Å². The summed E-state index contributed by atoms with van der Waals surface area (Å²) in [6.07, 6.45) is 1.99. The van der Waals surface area contributed by atoms with E-state index in [0.29, 0.717) is 24.4 Å². The van der Waals surface area contributed by atoms with E-state index in [-0.39, 0.29) is 35.3 Å². The van der Waals surface area contributed by atoms with Crippen LogP contribution in [0.4, 0.5) is 20.8 Å². The highest BCUT2D eigenvalue weighted by molar-refractivity contribution is 6.06. The zero-order valence-corrected chi connectivity index (χ0v) is 17.7. The lowest BCUT2D eigenvalue weighted by Crippen LogP contribution is -2.60. The van der Waals surface area contributed by atoms with Gasteiger partial charge in [0.2, 0.25) is 11.8 Å². The van der Waals surface area contributed by atoms with Crippen LogP contribution in [0.1, 0.15) is 17.3 Å². The van der Waals surface area contributed by atoms with E-state index < -0.39 is 17.8 Å². The van der Waals surface area contributed by atoms with Crippen LogP contribution in [0.2, 0.25) is 0 Å². The Hall–Kier alpha value is -3.96. The number of fused-ring (bicyclic) bond motifs is 1. The van der Waals surface area contributed by atoms with Crippen molar-refractivity contribution < 1.29 is 23.8 Å². The monoisotopic (exact) mass is 443 g/mol. The number of aryl methyl sites for hydroxylation is 1. The molecule has 1 fully saturated rings. The van der Waals surface area contributed by atoms with Crippen LogP contribution in [-0.2, 0) is 7.05 Å². The van der Waals surface area contributed by atoms with E-state index in [9.17, 15) is 14.0 Å². The molecule has 2 amide bonds. The van der Waals surface area contributed by atoms with Crippen LogP contribution < -0.4 is 15.0 Å². The molecule has 0 unspecified atom stereocenters. The zero-order chi connectivity index (χ0) is 23.0. The predicted octanol–water partition coefficient (Wildman–Crippen LogP) is 1.95. The standard InChI is InChI=1S/C20H22FN7O4/c1-4-32-18-14(7-22-19(24-18)28-9-13(10-28)27(3)20(30)31)17(29)23-12-5-11-8-26(2)25-16(11)15(21)6-12/h5-8,13H,4,9-10H2,1-3H3,(H,23,29)(H,30,31). The minimum atomic E-state index is -1.00. The van der Waals surface area contributed by atoms with E-state index in [1.165, 1.54) is 28.9 Å². The summed E-state index contributed by atoms with van der Waals surface area (Å²) in [5.41, 5.74) is 0.582. The normalized spacial score (nSPS) is 13.7. The molecule has 2 aromatic heterocycles. The number of likely N-dealkylation sites (N-methyl/N-ethyl adjacent to an activating group) is 1. The van der Waals surface area contributed by atoms with Gasteiger partial charge < -0.3 is 25.0 Å². The van der Waals surface area contributed by atoms with Crippen LogP contribution in [0.25, 0.3) is 10.9 Å². The summed E-state index contributed by atoms with van der Waals surface area (Å²) < 4.78 is 21.3. The molecule has 0 atom stereocenters. The third-order valence-electron chi connectivity index (χ3n) is 5.20. The van der Waals surface area contributed by atoms with Crippen molar-refractivity contribution >= 4 is 34.5 Å². The first-order valence-electron chi connectivity index (χ1n) is 9.91. The highest BCUT2D eigenvalue weighted by Crippen LogP contribution is 2.26. The fraction of sp³-hybridized carbons (Fsp3) is 0.350. The summed E-state index contributed by atoms with van der Waals surface area (Å²) in [6, 6.07) is 2.66. The van der Waals surface area contributed by atoms with Crippen LogP contribution in [0.15, 0.2) is 24.5 Å². The van der Waals surface area contributed by atoms with E-state index in [0.717, 1.165) is 0 Å². The van der Waals surface area contributed by atoms with Gasteiger partial charge in [-0.05, 0) is 19.1 Å². The number of aromatic nitrogens is 4. The van der Waals surface area contributed by atoms with Crippen molar-refractivity contribution in [1.82, 2.24) is 24.6 Å². The summed E-state index contributed by atoms with van der Waals surface area (Å²) in [7, 11) is 3.20. The maximum absolute atomic E-state index is 14.3. The van der Waals surface area contributed by atoms with E-state index in [2.05, 4.69) is 20.4 Å². The van der Waals surface area contributed by atoms with Crippen molar-refractivity contribution in [2.24, 2.45) is 7.05 Å². The van der Waals surface area contributed by atoms with Crippen molar-refractivity contribution in [1.29, 1.82) is 0 Å². The van der Waals surface area contributed by atoms with Crippen molar-refractivity contribution in [3.8, 4) is 5.88 Å². The summed E-state index contributed by atoms with van der Waals surface area (Å²) in [4.78, 5) is 35.5. The topological polar surface area (TPSA) is 126 Å². The third-order valence-corrected chi connectivity index (χ3v) is 5.20. The van der Waals surface area contributed by atoms with Gasteiger partial charge >= 0.3 is 6.09 Å². The Morgan fingerprint density at radius 1 is 1.38 bits per heavy atom. The lowest BCUT2D eigenvalue weighted by Gasteiger charge is -2.42. The van der Waals surface area contributed by atoms with Gasteiger partial charge in [0.15, 0.2) is 5.82 Å². The van der Waals surface area contributed by atoms with Crippen LogP contribution in [-0.4, -0.2) is 74.5 Å². The lowest BCUT2D eigenvalue weighted by atomic mass is 10.1. The summed E-state index contributed by atoms with van der Waals surface area (Å²) in [5.74, 6) is -0.667. The minimum absolute atomic E-state index is 0.0907. The molecule has 0 bridgehead atoms. The van der Waals surface area contributed by atoms with Gasteiger partial charge in [-0.2, -0.15) is 10.1 Å². The van der Waals surface area contributed by atoms with Gasteiger partial charge in [-0.3, -0.25) is 9.48 Å². The highest BCUT2D eigenvalue weighted by atomic mass is 19.1. The molecule has 1 aliphatic heterocycles. The molecule has 1 saturated heterocycles. The van der Waals surface area contributed by atoms with Gasteiger partial charge in [0, 0.05) is 50.7 Å². The lowest BCUT2D eigenvalue weighted by molar-refractivity contribution is 0.102. The van der Waals surface area contributed by atoms with E-state index in [1.807, 2.05) is 0 Å². The third kappa shape index (κ3) is 3.98. The van der Waals surface area contributed by atoms with Gasteiger partial charge in [0.1, 0.15) is 11.1 Å². The molecule has 3 aromatic rings. The summed E-state index contributed by atoms with van der Waals surface area (Å²) in [5, 5.41) is 16.3. The number of anilines is 2. The molecule has 32 heavy (non-hydrogen) atoms. The van der Waals surface area contributed by atoms with Crippen molar-refractivity contribution in [2.75, 3.05) is 37.0 Å². The van der Waals surface area contributed by atoms with Crippen LogP contribution in [0.5, 0.6) is 5.88 Å². The summed E-state index contributed by atoms with van der Waals surface area (Å²) >= 11 is 0. The number of carbonyl (C=O) groups is 2. The Balaban J connectivity index is 1.53. The van der Waals surface area contributed by atoms with Crippen LogP contribution in [0.3, 0.4) is 0 Å². The molecule has 0 saturated carbocycles. The Morgan fingerprint density at radius 2 is 2.12 bits per heavy atom. The second kappa shape index (κ2) is 8.29. The fourth-order valence-electron chi connectivity index (χ4n) is 3.41. The summed E-state index contributed by atoms with van der Waals surface area (Å²) in [6.45, 7) is 2.91. The average molecular weight is 443 g/mol. The Bertz CT molecular complexity index is 1190. The molecule has 0 aliphatic carbocycles. The molecular weight excluding hydrogens is 421 g/mol. The number of nitrogens with zero attached hydrogens (tertiary/aromatic N) is 6. The van der Waals surface area contributed by atoms with Crippen molar-refractivity contribution in [2.45, 2.75) is 13.0 Å². The molecule has 11 nitrogen and oxygen atoms in total. The number of carboxylic acid groups (broad SMARTS) is 1. The minimum Gasteiger partial charge on any atom is -0.477 e. The molecule has 2 N–H and O–H groups in total.